The first kappa shape index (κ1) is 16.8. The van der Waals surface area contributed by atoms with Gasteiger partial charge in [0.05, 0.1) is 6.10 Å². The fraction of sp³-hybridized carbons (Fsp3) is 0.588. The number of aliphatic hydroxyl groups excluding tert-OH is 1. The van der Waals surface area contributed by atoms with Crippen LogP contribution in [0.15, 0.2) is 24.3 Å². The van der Waals surface area contributed by atoms with E-state index < -0.39 is 5.60 Å². The summed E-state index contributed by atoms with van der Waals surface area (Å²) in [5.41, 5.74) is 1.97. The maximum Gasteiger partial charge on any atom is 0.407 e. The molecule has 0 unspecified atom stereocenters. The maximum absolute atomic E-state index is 11.5. The molecule has 1 aliphatic rings. The summed E-state index contributed by atoms with van der Waals surface area (Å²) in [6.07, 6.45) is 0.251. The molecule has 1 heterocycles. The first-order valence-corrected chi connectivity index (χ1v) is 7.77. The predicted octanol–water partition coefficient (Wildman–Crippen LogP) is 1.93. The maximum atomic E-state index is 11.5. The van der Waals surface area contributed by atoms with Gasteiger partial charge in [-0.2, -0.15) is 0 Å². The van der Waals surface area contributed by atoms with E-state index in [-0.39, 0.29) is 12.2 Å². The molecule has 0 spiro atoms. The van der Waals surface area contributed by atoms with E-state index in [4.69, 9.17) is 4.74 Å². The van der Waals surface area contributed by atoms with Crippen molar-refractivity contribution in [3.05, 3.63) is 35.4 Å². The number of carbonyl (C=O) groups is 1. The summed E-state index contributed by atoms with van der Waals surface area (Å²) >= 11 is 0. The SMILES string of the molecule is CC(C)(C)OC(=O)NCCc1ccc(CN2CC(O)C2)cc1. The van der Waals surface area contributed by atoms with E-state index in [0.29, 0.717) is 6.54 Å². The number of carbonyl (C=O) groups excluding carboxylic acids is 1. The van der Waals surface area contributed by atoms with Crippen LogP contribution in [-0.4, -0.2) is 47.4 Å². The lowest BCUT2D eigenvalue weighted by atomic mass is 10.1. The molecule has 1 saturated heterocycles. The molecule has 1 amide bonds. The summed E-state index contributed by atoms with van der Waals surface area (Å²) in [6, 6.07) is 8.38. The zero-order chi connectivity index (χ0) is 16.2. The zero-order valence-corrected chi connectivity index (χ0v) is 13.6. The van der Waals surface area contributed by atoms with Crippen LogP contribution in [0, 0.1) is 0 Å². The molecule has 1 aromatic rings. The van der Waals surface area contributed by atoms with Gasteiger partial charge in [-0.1, -0.05) is 24.3 Å². The Morgan fingerprint density at radius 1 is 1.27 bits per heavy atom. The van der Waals surface area contributed by atoms with E-state index in [1.165, 1.54) is 11.1 Å². The Kier molecular flexibility index (Phi) is 5.42. The summed E-state index contributed by atoms with van der Waals surface area (Å²) in [6.45, 7) is 8.52. The quantitative estimate of drug-likeness (QED) is 0.872. The lowest BCUT2D eigenvalue weighted by Gasteiger charge is -2.35. The molecule has 1 aliphatic heterocycles. The summed E-state index contributed by atoms with van der Waals surface area (Å²) in [4.78, 5) is 13.7. The molecule has 2 rings (SSSR count). The number of nitrogens with zero attached hydrogens (tertiary/aromatic N) is 1. The average Bonchev–Trinajstić information content (AvgIpc) is 2.37. The van der Waals surface area contributed by atoms with E-state index in [1.807, 2.05) is 20.8 Å². The Bertz CT molecular complexity index is 488. The highest BCUT2D eigenvalue weighted by atomic mass is 16.6. The van der Waals surface area contributed by atoms with Gasteiger partial charge in [-0.15, -0.1) is 0 Å². The molecule has 2 N–H and O–H groups in total. The highest BCUT2D eigenvalue weighted by Crippen LogP contribution is 2.14. The van der Waals surface area contributed by atoms with E-state index in [1.54, 1.807) is 0 Å². The van der Waals surface area contributed by atoms with Crippen molar-refractivity contribution in [1.82, 2.24) is 10.2 Å². The molecule has 0 saturated carbocycles. The van der Waals surface area contributed by atoms with Gasteiger partial charge in [-0.25, -0.2) is 4.79 Å². The van der Waals surface area contributed by atoms with Gasteiger partial charge in [-0.05, 0) is 38.3 Å². The molecule has 0 aromatic heterocycles. The van der Waals surface area contributed by atoms with Gasteiger partial charge in [0.2, 0.25) is 0 Å². The Morgan fingerprint density at radius 2 is 1.86 bits per heavy atom. The largest absolute Gasteiger partial charge is 0.444 e. The lowest BCUT2D eigenvalue weighted by molar-refractivity contribution is -0.00287. The average molecular weight is 306 g/mol. The number of benzene rings is 1. The minimum atomic E-state index is -0.462. The second-order valence-corrected chi connectivity index (χ2v) is 6.84. The van der Waals surface area contributed by atoms with Crippen LogP contribution in [0.3, 0.4) is 0 Å². The van der Waals surface area contributed by atoms with Crippen molar-refractivity contribution >= 4 is 6.09 Å². The molecule has 122 valence electrons. The Balaban J connectivity index is 1.69. The smallest absolute Gasteiger partial charge is 0.407 e. The fourth-order valence-electron chi connectivity index (χ4n) is 2.36. The number of β-amino-alcohol motifs (C(OH)–C–C–N with tert-alkyl or cyclic N) is 1. The van der Waals surface area contributed by atoms with E-state index in [9.17, 15) is 9.90 Å². The van der Waals surface area contributed by atoms with Gasteiger partial charge >= 0.3 is 6.09 Å². The third kappa shape index (κ3) is 5.66. The van der Waals surface area contributed by atoms with E-state index >= 15 is 0 Å². The van der Waals surface area contributed by atoms with Gasteiger partial charge in [-0.3, -0.25) is 4.90 Å². The molecule has 0 atom stereocenters. The number of rotatable bonds is 5. The Hall–Kier alpha value is -1.59. The fourth-order valence-corrected chi connectivity index (χ4v) is 2.36. The number of aliphatic hydroxyl groups is 1. The highest BCUT2D eigenvalue weighted by molar-refractivity contribution is 5.67. The summed E-state index contributed by atoms with van der Waals surface area (Å²) in [5.74, 6) is 0. The number of nitrogens with one attached hydrogen (secondary N) is 1. The molecule has 5 nitrogen and oxygen atoms in total. The number of likely N-dealkylation sites (tertiary alicyclic amines) is 1. The van der Waals surface area contributed by atoms with Gasteiger partial charge in [0, 0.05) is 26.2 Å². The van der Waals surface area contributed by atoms with Crippen molar-refractivity contribution in [3.63, 3.8) is 0 Å². The van der Waals surface area contributed by atoms with Crippen LogP contribution in [0.4, 0.5) is 4.79 Å². The predicted molar refractivity (Wildman–Crippen MR) is 85.7 cm³/mol. The molecule has 1 fully saturated rings. The monoisotopic (exact) mass is 306 g/mol. The zero-order valence-electron chi connectivity index (χ0n) is 13.6. The van der Waals surface area contributed by atoms with Crippen molar-refractivity contribution in [3.8, 4) is 0 Å². The number of ether oxygens (including phenoxy) is 1. The van der Waals surface area contributed by atoms with Gasteiger partial charge in [0.25, 0.3) is 0 Å². The summed E-state index contributed by atoms with van der Waals surface area (Å²) < 4.78 is 5.19. The van der Waals surface area contributed by atoms with E-state index in [0.717, 1.165) is 26.1 Å². The van der Waals surface area contributed by atoms with Crippen LogP contribution in [0.25, 0.3) is 0 Å². The molecular weight excluding hydrogens is 280 g/mol. The summed E-state index contributed by atoms with van der Waals surface area (Å²) in [5, 5.41) is 12.0. The first-order chi connectivity index (χ1) is 10.3. The molecule has 0 bridgehead atoms. The number of hydrogen-bond acceptors (Lipinski definition) is 4. The number of alkyl carbamates (subject to hydrolysis) is 1. The van der Waals surface area contributed by atoms with Crippen molar-refractivity contribution in [2.45, 2.75) is 45.4 Å². The minimum absolute atomic E-state index is 0.154. The number of hydrogen-bond donors (Lipinski definition) is 2. The second kappa shape index (κ2) is 7.11. The third-order valence-electron chi connectivity index (χ3n) is 3.45. The highest BCUT2D eigenvalue weighted by Gasteiger charge is 2.23. The third-order valence-corrected chi connectivity index (χ3v) is 3.45. The minimum Gasteiger partial charge on any atom is -0.444 e. The van der Waals surface area contributed by atoms with Gasteiger partial charge in [0.1, 0.15) is 5.60 Å². The molecule has 5 heteroatoms. The van der Waals surface area contributed by atoms with Crippen LogP contribution in [0.5, 0.6) is 0 Å². The molecule has 0 radical (unpaired) electrons. The van der Waals surface area contributed by atoms with Crippen molar-refractivity contribution < 1.29 is 14.6 Å². The topological polar surface area (TPSA) is 61.8 Å². The van der Waals surface area contributed by atoms with Gasteiger partial charge < -0.3 is 15.2 Å². The van der Waals surface area contributed by atoms with Crippen LogP contribution in [0.2, 0.25) is 0 Å². The van der Waals surface area contributed by atoms with Crippen LogP contribution >= 0.6 is 0 Å². The van der Waals surface area contributed by atoms with Crippen molar-refractivity contribution in [1.29, 1.82) is 0 Å². The normalized spacial score (nSPS) is 16.2. The number of amides is 1. The Morgan fingerprint density at radius 3 is 2.41 bits per heavy atom. The van der Waals surface area contributed by atoms with Crippen molar-refractivity contribution in [2.24, 2.45) is 0 Å². The van der Waals surface area contributed by atoms with Gasteiger partial charge in [0.15, 0.2) is 0 Å². The second-order valence-electron chi connectivity index (χ2n) is 6.84. The molecule has 22 heavy (non-hydrogen) atoms. The van der Waals surface area contributed by atoms with Crippen LogP contribution < -0.4 is 5.32 Å². The van der Waals surface area contributed by atoms with Crippen molar-refractivity contribution in [2.75, 3.05) is 19.6 Å². The molecule has 1 aromatic carbocycles. The molecule has 0 aliphatic carbocycles. The molecular formula is C17H26N2O3. The van der Waals surface area contributed by atoms with Crippen LogP contribution in [0.1, 0.15) is 31.9 Å². The van der Waals surface area contributed by atoms with E-state index in [2.05, 4.69) is 34.5 Å². The Labute approximate surface area is 132 Å². The standard InChI is InChI=1S/C17H26N2O3/c1-17(2,3)22-16(21)18-9-8-13-4-6-14(7-5-13)10-19-11-15(20)12-19/h4-7,15,20H,8-12H2,1-3H3,(H,18,21). The van der Waals surface area contributed by atoms with Crippen LogP contribution in [-0.2, 0) is 17.7 Å². The lowest BCUT2D eigenvalue weighted by Crippen LogP contribution is -2.49. The first-order valence-electron chi connectivity index (χ1n) is 7.77. The summed E-state index contributed by atoms with van der Waals surface area (Å²) in [7, 11) is 0.